The van der Waals surface area contributed by atoms with Crippen molar-refractivity contribution in [2.45, 2.75) is 13.0 Å². The molecule has 0 fully saturated rings. The first-order chi connectivity index (χ1) is 9.74. The van der Waals surface area contributed by atoms with E-state index in [2.05, 4.69) is 0 Å². The quantitative estimate of drug-likeness (QED) is 0.929. The van der Waals surface area contributed by atoms with Crippen molar-refractivity contribution in [2.24, 2.45) is 5.73 Å². The Kier molecular flexibility index (Phi) is 3.48. The smallest absolute Gasteiger partial charge is 0.231 e. The zero-order chi connectivity index (χ0) is 13.9. The van der Waals surface area contributed by atoms with E-state index < -0.39 is 0 Å². The molecule has 0 radical (unpaired) electrons. The maximum Gasteiger partial charge on any atom is 0.231 e. The average Bonchev–Trinajstić information content (AvgIpc) is 2.93. The third-order valence-electron chi connectivity index (χ3n) is 3.34. The van der Waals surface area contributed by atoms with Crippen LogP contribution in [0.4, 0.5) is 0 Å². The van der Waals surface area contributed by atoms with Crippen LogP contribution in [0.2, 0.25) is 0 Å². The van der Waals surface area contributed by atoms with E-state index in [4.69, 9.17) is 19.9 Å². The minimum Gasteiger partial charge on any atom is -0.491 e. The minimum atomic E-state index is -0.205. The molecule has 1 aliphatic rings. The van der Waals surface area contributed by atoms with E-state index in [0.717, 1.165) is 28.4 Å². The van der Waals surface area contributed by atoms with Crippen LogP contribution in [0.5, 0.6) is 17.2 Å². The van der Waals surface area contributed by atoms with Crippen molar-refractivity contribution in [1.82, 2.24) is 0 Å². The van der Waals surface area contributed by atoms with Gasteiger partial charge in [-0.25, -0.2) is 0 Å². The molecule has 0 amide bonds. The number of ether oxygens (including phenoxy) is 3. The fourth-order valence-electron chi connectivity index (χ4n) is 2.14. The Morgan fingerprint density at radius 2 is 1.95 bits per heavy atom. The van der Waals surface area contributed by atoms with Gasteiger partial charge in [-0.05, 0) is 36.2 Å². The zero-order valence-electron chi connectivity index (χ0n) is 11.3. The number of fused-ring (bicyclic) bond motifs is 1. The highest BCUT2D eigenvalue weighted by atomic mass is 16.7. The lowest BCUT2D eigenvalue weighted by atomic mass is 10.1. The number of rotatable bonds is 4. The Balaban J connectivity index is 1.67. The van der Waals surface area contributed by atoms with E-state index in [-0.39, 0.29) is 12.8 Å². The van der Waals surface area contributed by atoms with E-state index in [1.165, 1.54) is 0 Å². The number of hydrogen-bond acceptors (Lipinski definition) is 4. The van der Waals surface area contributed by atoms with Crippen LogP contribution < -0.4 is 19.9 Å². The molecule has 4 nitrogen and oxygen atoms in total. The highest BCUT2D eigenvalue weighted by Gasteiger charge is 2.16. The summed E-state index contributed by atoms with van der Waals surface area (Å²) in [5, 5.41) is 0. The third kappa shape index (κ3) is 2.56. The van der Waals surface area contributed by atoms with Gasteiger partial charge >= 0.3 is 0 Å². The van der Waals surface area contributed by atoms with Gasteiger partial charge in [0.1, 0.15) is 12.4 Å². The minimum absolute atomic E-state index is 0.205. The number of nitrogens with two attached hydrogens (primary N) is 1. The summed E-state index contributed by atoms with van der Waals surface area (Å²) in [5.74, 6) is 2.37. The predicted octanol–water partition coefficient (Wildman–Crippen LogP) is 2.80. The molecule has 0 aromatic heterocycles. The molecule has 0 aliphatic carbocycles. The van der Waals surface area contributed by atoms with Gasteiger partial charge in [0.15, 0.2) is 11.5 Å². The van der Waals surface area contributed by atoms with E-state index in [1.807, 2.05) is 49.4 Å². The number of aryl methyl sites for hydroxylation is 1. The summed E-state index contributed by atoms with van der Waals surface area (Å²) < 4.78 is 16.4. The maximum absolute atomic E-state index is 6.17. The Morgan fingerprint density at radius 1 is 1.15 bits per heavy atom. The summed E-state index contributed by atoms with van der Waals surface area (Å²) >= 11 is 0. The molecule has 104 valence electrons. The van der Waals surface area contributed by atoms with Gasteiger partial charge in [-0.3, -0.25) is 0 Å². The summed E-state index contributed by atoms with van der Waals surface area (Å²) in [7, 11) is 0. The van der Waals surface area contributed by atoms with Gasteiger partial charge in [0.25, 0.3) is 0 Å². The maximum atomic E-state index is 6.17. The summed E-state index contributed by atoms with van der Waals surface area (Å²) in [6, 6.07) is 13.4. The van der Waals surface area contributed by atoms with E-state index in [0.29, 0.717) is 6.61 Å². The van der Waals surface area contributed by atoms with Gasteiger partial charge in [-0.15, -0.1) is 0 Å². The second kappa shape index (κ2) is 5.43. The van der Waals surface area contributed by atoms with Crippen LogP contribution in [0.1, 0.15) is 17.2 Å². The first-order valence-corrected chi connectivity index (χ1v) is 6.57. The Bertz CT molecular complexity index is 612. The molecule has 2 N–H and O–H groups in total. The monoisotopic (exact) mass is 271 g/mol. The molecule has 2 aromatic carbocycles. The molecule has 0 spiro atoms. The van der Waals surface area contributed by atoms with Crippen LogP contribution in [0.15, 0.2) is 42.5 Å². The van der Waals surface area contributed by atoms with Gasteiger partial charge in [0, 0.05) is 0 Å². The van der Waals surface area contributed by atoms with Gasteiger partial charge < -0.3 is 19.9 Å². The molecule has 1 heterocycles. The second-order valence-corrected chi connectivity index (χ2v) is 4.80. The fourth-order valence-corrected chi connectivity index (χ4v) is 2.14. The van der Waals surface area contributed by atoms with E-state index in [9.17, 15) is 0 Å². The third-order valence-corrected chi connectivity index (χ3v) is 3.34. The number of para-hydroxylation sites is 1. The average molecular weight is 271 g/mol. The predicted molar refractivity (Wildman–Crippen MR) is 76.2 cm³/mol. The highest BCUT2D eigenvalue weighted by molar-refractivity contribution is 5.45. The van der Waals surface area contributed by atoms with Crippen molar-refractivity contribution in [3.05, 3.63) is 53.6 Å². The van der Waals surface area contributed by atoms with E-state index in [1.54, 1.807) is 0 Å². The zero-order valence-corrected chi connectivity index (χ0v) is 11.3. The van der Waals surface area contributed by atoms with Crippen molar-refractivity contribution < 1.29 is 14.2 Å². The lowest BCUT2D eigenvalue weighted by Gasteiger charge is -2.15. The van der Waals surface area contributed by atoms with Gasteiger partial charge in [-0.2, -0.15) is 0 Å². The van der Waals surface area contributed by atoms with Crippen molar-refractivity contribution in [2.75, 3.05) is 13.4 Å². The van der Waals surface area contributed by atoms with E-state index >= 15 is 0 Å². The summed E-state index contributed by atoms with van der Waals surface area (Å²) in [5.41, 5.74) is 8.24. The van der Waals surface area contributed by atoms with Crippen LogP contribution in [0.25, 0.3) is 0 Å². The molecule has 2 aromatic rings. The van der Waals surface area contributed by atoms with Crippen molar-refractivity contribution >= 4 is 0 Å². The molecular formula is C16H17NO3. The Labute approximate surface area is 118 Å². The largest absolute Gasteiger partial charge is 0.491 e. The van der Waals surface area contributed by atoms with Gasteiger partial charge in [0.2, 0.25) is 6.79 Å². The van der Waals surface area contributed by atoms with Gasteiger partial charge in [0.05, 0.1) is 6.04 Å². The number of hydrogen-bond donors (Lipinski definition) is 1. The first-order valence-electron chi connectivity index (χ1n) is 6.57. The first kappa shape index (κ1) is 12.8. The second-order valence-electron chi connectivity index (χ2n) is 4.80. The Hall–Kier alpha value is -2.20. The standard InChI is InChI=1S/C16H17NO3/c1-11-4-2-3-5-14(11)18-9-13(17)12-6-7-15-16(8-12)20-10-19-15/h2-8,13H,9-10,17H2,1H3. The molecule has 20 heavy (non-hydrogen) atoms. The number of benzene rings is 2. The van der Waals surface area contributed by atoms with Crippen molar-refractivity contribution in [3.8, 4) is 17.2 Å². The normalized spacial score (nSPS) is 14.1. The van der Waals surface area contributed by atoms with Crippen molar-refractivity contribution in [3.63, 3.8) is 0 Å². The lowest BCUT2D eigenvalue weighted by Crippen LogP contribution is -2.19. The van der Waals surface area contributed by atoms with Crippen LogP contribution in [0.3, 0.4) is 0 Å². The van der Waals surface area contributed by atoms with Crippen LogP contribution >= 0.6 is 0 Å². The summed E-state index contributed by atoms with van der Waals surface area (Å²) in [4.78, 5) is 0. The van der Waals surface area contributed by atoms with Crippen LogP contribution in [-0.4, -0.2) is 13.4 Å². The molecule has 1 unspecified atom stereocenters. The molecule has 0 saturated heterocycles. The highest BCUT2D eigenvalue weighted by Crippen LogP contribution is 2.33. The summed E-state index contributed by atoms with van der Waals surface area (Å²) in [6.45, 7) is 2.71. The van der Waals surface area contributed by atoms with Crippen LogP contribution in [0, 0.1) is 6.92 Å². The topological polar surface area (TPSA) is 53.7 Å². The SMILES string of the molecule is Cc1ccccc1OCC(N)c1ccc2c(c1)OCO2. The van der Waals surface area contributed by atoms with Crippen molar-refractivity contribution in [1.29, 1.82) is 0 Å². The molecule has 0 bridgehead atoms. The molecular weight excluding hydrogens is 254 g/mol. The molecule has 1 atom stereocenters. The van der Waals surface area contributed by atoms with Crippen LogP contribution in [-0.2, 0) is 0 Å². The molecule has 0 saturated carbocycles. The van der Waals surface area contributed by atoms with Gasteiger partial charge in [-0.1, -0.05) is 24.3 Å². The summed E-state index contributed by atoms with van der Waals surface area (Å²) in [6.07, 6.45) is 0. The molecule has 1 aliphatic heterocycles. The lowest BCUT2D eigenvalue weighted by molar-refractivity contribution is 0.174. The molecule has 3 rings (SSSR count). The fraction of sp³-hybridized carbons (Fsp3) is 0.250. The molecule has 4 heteroatoms. The Morgan fingerprint density at radius 3 is 2.80 bits per heavy atom.